The molecule has 2 rings (SSSR count). The number of anilines is 1. The summed E-state index contributed by atoms with van der Waals surface area (Å²) in [5.74, 6) is -0.712. The highest BCUT2D eigenvalue weighted by Gasteiger charge is 2.11. The molecule has 8 heteroatoms. The van der Waals surface area contributed by atoms with E-state index in [4.69, 9.17) is 4.74 Å². The molecular formula is C15H14N2O5S. The number of ether oxygens (including phenoxy) is 1. The number of carboxylic acid groups (broad SMARTS) is 1. The first-order chi connectivity index (χ1) is 11.0. The van der Waals surface area contributed by atoms with Crippen molar-refractivity contribution >= 4 is 29.0 Å². The lowest BCUT2D eigenvalue weighted by Crippen LogP contribution is -2.03. The Hall–Kier alpha value is -2.71. The SMILES string of the molecule is COc1ccc(N/N=C/c2ccccc2S(=O)O)c(C(=O)O)c1. The van der Waals surface area contributed by atoms with Crippen molar-refractivity contribution in [2.45, 2.75) is 4.90 Å². The van der Waals surface area contributed by atoms with Gasteiger partial charge in [-0.25, -0.2) is 9.00 Å². The van der Waals surface area contributed by atoms with Crippen LogP contribution in [0, 0.1) is 0 Å². The summed E-state index contributed by atoms with van der Waals surface area (Å²) in [6, 6.07) is 11.0. The van der Waals surface area contributed by atoms with Gasteiger partial charge < -0.3 is 14.4 Å². The van der Waals surface area contributed by atoms with Crippen molar-refractivity contribution in [1.82, 2.24) is 0 Å². The Balaban J connectivity index is 2.24. The highest BCUT2D eigenvalue weighted by Crippen LogP contribution is 2.22. The van der Waals surface area contributed by atoms with E-state index in [1.165, 1.54) is 31.5 Å². The van der Waals surface area contributed by atoms with Crippen molar-refractivity contribution in [3.8, 4) is 5.75 Å². The van der Waals surface area contributed by atoms with Crippen LogP contribution < -0.4 is 10.2 Å². The molecule has 2 aromatic rings. The van der Waals surface area contributed by atoms with Crippen LogP contribution in [-0.4, -0.2) is 33.2 Å². The van der Waals surface area contributed by atoms with E-state index in [0.29, 0.717) is 11.3 Å². The normalized spacial score (nSPS) is 12.1. The minimum atomic E-state index is -2.13. The van der Waals surface area contributed by atoms with Gasteiger partial charge in [0, 0.05) is 5.56 Å². The first-order valence-electron chi connectivity index (χ1n) is 6.43. The van der Waals surface area contributed by atoms with E-state index in [0.717, 1.165) is 0 Å². The number of carbonyl (C=O) groups is 1. The summed E-state index contributed by atoms with van der Waals surface area (Å²) in [5, 5.41) is 13.1. The van der Waals surface area contributed by atoms with E-state index in [2.05, 4.69) is 10.5 Å². The number of rotatable bonds is 6. The monoisotopic (exact) mass is 334 g/mol. The molecule has 0 aliphatic heterocycles. The molecule has 0 amide bonds. The molecule has 0 saturated carbocycles. The molecule has 0 bridgehead atoms. The largest absolute Gasteiger partial charge is 0.497 e. The van der Waals surface area contributed by atoms with E-state index in [9.17, 15) is 18.7 Å². The zero-order chi connectivity index (χ0) is 16.8. The van der Waals surface area contributed by atoms with Crippen molar-refractivity contribution < 1.29 is 23.4 Å². The zero-order valence-electron chi connectivity index (χ0n) is 12.1. The molecule has 0 aliphatic rings. The molecule has 0 heterocycles. The highest BCUT2D eigenvalue weighted by molar-refractivity contribution is 7.79. The summed E-state index contributed by atoms with van der Waals surface area (Å²) in [6.07, 6.45) is 1.35. The topological polar surface area (TPSA) is 108 Å². The Bertz CT molecular complexity index is 776. The molecule has 1 unspecified atom stereocenters. The van der Waals surface area contributed by atoms with E-state index in [1.54, 1.807) is 24.3 Å². The Morgan fingerprint density at radius 2 is 2.04 bits per heavy atom. The maximum absolute atomic E-state index is 11.2. The standard InChI is InChI=1S/C15H14N2O5S/c1-22-11-6-7-13(12(8-11)15(18)19)17-16-9-10-4-2-3-5-14(10)23(20)21/h2-9,17H,1H3,(H,18,19)(H,20,21)/b16-9+. The lowest BCUT2D eigenvalue weighted by molar-refractivity contribution is 0.0697. The Morgan fingerprint density at radius 3 is 2.70 bits per heavy atom. The van der Waals surface area contributed by atoms with Gasteiger partial charge in [-0.3, -0.25) is 5.43 Å². The van der Waals surface area contributed by atoms with Gasteiger partial charge in [0.2, 0.25) is 0 Å². The molecule has 1 atom stereocenters. The molecule has 0 spiro atoms. The number of hydrazone groups is 1. The van der Waals surface area contributed by atoms with Crippen LogP contribution in [-0.2, 0) is 11.1 Å². The van der Waals surface area contributed by atoms with Crippen molar-refractivity contribution in [2.75, 3.05) is 12.5 Å². The molecule has 3 N–H and O–H groups in total. The average Bonchev–Trinajstić information content (AvgIpc) is 2.55. The summed E-state index contributed by atoms with van der Waals surface area (Å²) in [5.41, 5.74) is 3.34. The number of nitrogens with zero attached hydrogens (tertiary/aromatic N) is 1. The fraction of sp³-hybridized carbons (Fsp3) is 0.0667. The summed E-state index contributed by atoms with van der Waals surface area (Å²) in [4.78, 5) is 11.5. The maximum atomic E-state index is 11.2. The number of methoxy groups -OCH3 is 1. The summed E-state index contributed by atoms with van der Waals surface area (Å²) >= 11 is -2.13. The number of nitrogens with one attached hydrogen (secondary N) is 1. The Kier molecular flexibility index (Phi) is 5.45. The predicted molar refractivity (Wildman–Crippen MR) is 86.6 cm³/mol. The molecular weight excluding hydrogens is 320 g/mol. The first-order valence-corrected chi connectivity index (χ1v) is 7.54. The molecule has 7 nitrogen and oxygen atoms in total. The van der Waals surface area contributed by atoms with Crippen LogP contribution in [0.1, 0.15) is 15.9 Å². The van der Waals surface area contributed by atoms with E-state index < -0.39 is 17.0 Å². The fourth-order valence-corrected chi connectivity index (χ4v) is 2.36. The molecule has 0 aliphatic carbocycles. The third kappa shape index (κ3) is 4.15. The quantitative estimate of drug-likeness (QED) is 0.425. The fourth-order valence-electron chi connectivity index (χ4n) is 1.84. The highest BCUT2D eigenvalue weighted by atomic mass is 32.2. The number of hydrogen-bond acceptors (Lipinski definition) is 5. The Morgan fingerprint density at radius 1 is 1.30 bits per heavy atom. The van der Waals surface area contributed by atoms with Crippen molar-refractivity contribution in [1.29, 1.82) is 0 Å². The Labute approximate surface area is 134 Å². The van der Waals surface area contributed by atoms with Gasteiger partial charge in [0.05, 0.1) is 29.5 Å². The first kappa shape index (κ1) is 16.7. The van der Waals surface area contributed by atoms with Crippen LogP contribution in [0.2, 0.25) is 0 Å². The van der Waals surface area contributed by atoms with Gasteiger partial charge in [-0.2, -0.15) is 5.10 Å². The van der Waals surface area contributed by atoms with Gasteiger partial charge in [-0.1, -0.05) is 18.2 Å². The van der Waals surface area contributed by atoms with Gasteiger partial charge in [-0.05, 0) is 24.3 Å². The smallest absolute Gasteiger partial charge is 0.338 e. The maximum Gasteiger partial charge on any atom is 0.338 e. The minimum absolute atomic E-state index is 0.000481. The lowest BCUT2D eigenvalue weighted by Gasteiger charge is -2.07. The molecule has 0 radical (unpaired) electrons. The molecule has 0 aromatic heterocycles. The molecule has 23 heavy (non-hydrogen) atoms. The number of aromatic carboxylic acids is 1. The minimum Gasteiger partial charge on any atom is -0.497 e. The van der Waals surface area contributed by atoms with Gasteiger partial charge in [0.15, 0.2) is 11.1 Å². The molecule has 0 fully saturated rings. The number of benzene rings is 2. The van der Waals surface area contributed by atoms with Crippen LogP contribution in [0.15, 0.2) is 52.5 Å². The van der Waals surface area contributed by atoms with Gasteiger partial charge in [0.1, 0.15) is 5.75 Å². The van der Waals surface area contributed by atoms with Crippen LogP contribution in [0.25, 0.3) is 0 Å². The second-order valence-electron chi connectivity index (χ2n) is 4.37. The average molecular weight is 334 g/mol. The second kappa shape index (κ2) is 7.52. The molecule has 0 saturated heterocycles. The van der Waals surface area contributed by atoms with E-state index in [-0.39, 0.29) is 16.1 Å². The predicted octanol–water partition coefficient (Wildman–Crippen LogP) is 2.42. The van der Waals surface area contributed by atoms with Crippen molar-refractivity contribution in [3.05, 3.63) is 53.6 Å². The van der Waals surface area contributed by atoms with Gasteiger partial charge >= 0.3 is 5.97 Å². The lowest BCUT2D eigenvalue weighted by atomic mass is 10.1. The van der Waals surface area contributed by atoms with Crippen LogP contribution >= 0.6 is 0 Å². The molecule has 120 valence electrons. The summed E-state index contributed by atoms with van der Waals surface area (Å²) in [6.45, 7) is 0. The van der Waals surface area contributed by atoms with Crippen molar-refractivity contribution in [3.63, 3.8) is 0 Å². The van der Waals surface area contributed by atoms with Crippen LogP contribution in [0.4, 0.5) is 5.69 Å². The number of carboxylic acids is 1. The zero-order valence-corrected chi connectivity index (χ0v) is 12.9. The number of hydrogen-bond donors (Lipinski definition) is 3. The summed E-state index contributed by atoms with van der Waals surface area (Å²) < 4.78 is 25.4. The van der Waals surface area contributed by atoms with Crippen molar-refractivity contribution in [2.24, 2.45) is 5.10 Å². The van der Waals surface area contributed by atoms with Gasteiger partial charge in [0.25, 0.3) is 0 Å². The van der Waals surface area contributed by atoms with E-state index in [1.807, 2.05) is 0 Å². The summed E-state index contributed by atoms with van der Waals surface area (Å²) in [7, 11) is 1.44. The third-order valence-corrected chi connectivity index (χ3v) is 3.70. The van der Waals surface area contributed by atoms with Gasteiger partial charge in [-0.15, -0.1) is 0 Å². The second-order valence-corrected chi connectivity index (χ2v) is 5.31. The van der Waals surface area contributed by atoms with E-state index >= 15 is 0 Å². The van der Waals surface area contributed by atoms with Crippen LogP contribution in [0.3, 0.4) is 0 Å². The molecule has 2 aromatic carbocycles. The van der Waals surface area contributed by atoms with Crippen LogP contribution in [0.5, 0.6) is 5.75 Å². The third-order valence-electron chi connectivity index (χ3n) is 2.95.